The molecule has 3 nitrogen and oxygen atoms in total. The second kappa shape index (κ2) is 7.81. The summed E-state index contributed by atoms with van der Waals surface area (Å²) >= 11 is 0. The van der Waals surface area contributed by atoms with Gasteiger partial charge in [0.05, 0.1) is 5.92 Å². The van der Waals surface area contributed by atoms with Gasteiger partial charge in [-0.25, -0.2) is 0 Å². The van der Waals surface area contributed by atoms with Gasteiger partial charge in [-0.3, -0.25) is 4.79 Å². The third kappa shape index (κ3) is 4.21. The molecule has 1 aromatic rings. The molecule has 2 rings (SSSR count). The largest absolute Gasteiger partial charge is 0.342 e. The number of nitrogens with zero attached hydrogens (tertiary/aromatic N) is 1. The number of carbonyl (C=O) groups excluding carboxylic acids is 1. The van der Waals surface area contributed by atoms with E-state index < -0.39 is 0 Å². The minimum absolute atomic E-state index is 0. The second-order valence-electron chi connectivity index (χ2n) is 6.28. The Morgan fingerprint density at radius 1 is 1.38 bits per heavy atom. The molecule has 1 aliphatic heterocycles. The highest BCUT2D eigenvalue weighted by molar-refractivity contribution is 5.85. The Bertz CT molecular complexity index is 451. The van der Waals surface area contributed by atoms with Crippen LogP contribution in [0.5, 0.6) is 0 Å². The average Bonchev–Trinajstić information content (AvgIpc) is 2.88. The second-order valence-corrected chi connectivity index (χ2v) is 6.28. The Morgan fingerprint density at radius 2 is 2.05 bits per heavy atom. The van der Waals surface area contributed by atoms with Crippen molar-refractivity contribution in [3.63, 3.8) is 0 Å². The van der Waals surface area contributed by atoms with Crippen molar-refractivity contribution < 1.29 is 4.79 Å². The number of rotatable bonds is 5. The lowest BCUT2D eigenvalue weighted by atomic mass is 9.90. The molecule has 21 heavy (non-hydrogen) atoms. The molecule has 0 aliphatic carbocycles. The summed E-state index contributed by atoms with van der Waals surface area (Å²) in [5.74, 6) is 0.275. The highest BCUT2D eigenvalue weighted by Gasteiger charge is 2.37. The van der Waals surface area contributed by atoms with Crippen LogP contribution >= 0.6 is 12.4 Å². The highest BCUT2D eigenvalue weighted by atomic mass is 35.5. The first-order valence-electron chi connectivity index (χ1n) is 7.63. The summed E-state index contributed by atoms with van der Waals surface area (Å²) in [4.78, 5) is 14.8. The summed E-state index contributed by atoms with van der Waals surface area (Å²) in [7, 11) is 0. The van der Waals surface area contributed by atoms with Gasteiger partial charge in [0.25, 0.3) is 0 Å². The number of nitrogens with two attached hydrogens (primary N) is 1. The van der Waals surface area contributed by atoms with E-state index in [0.29, 0.717) is 6.54 Å². The normalized spacial score (nSPS) is 22.7. The van der Waals surface area contributed by atoms with E-state index in [9.17, 15) is 4.79 Å². The SMILES string of the molecule is CCCC(C(=O)N1CCC(C)(CN)C1)c1ccccc1.Cl. The van der Waals surface area contributed by atoms with E-state index >= 15 is 0 Å². The quantitative estimate of drug-likeness (QED) is 0.908. The van der Waals surface area contributed by atoms with Gasteiger partial charge >= 0.3 is 0 Å². The number of benzene rings is 1. The third-order valence-corrected chi connectivity index (χ3v) is 4.44. The van der Waals surface area contributed by atoms with E-state index in [0.717, 1.165) is 37.9 Å². The van der Waals surface area contributed by atoms with Gasteiger partial charge in [-0.1, -0.05) is 50.6 Å². The summed E-state index contributed by atoms with van der Waals surface area (Å²) in [5.41, 5.74) is 7.08. The van der Waals surface area contributed by atoms with Gasteiger partial charge in [0.15, 0.2) is 0 Å². The molecule has 0 bridgehead atoms. The van der Waals surface area contributed by atoms with E-state index in [4.69, 9.17) is 5.73 Å². The van der Waals surface area contributed by atoms with Crippen LogP contribution in [0, 0.1) is 5.41 Å². The Hall–Kier alpha value is -1.06. The van der Waals surface area contributed by atoms with Gasteiger partial charge in [0, 0.05) is 13.1 Å². The van der Waals surface area contributed by atoms with Gasteiger partial charge in [-0.15, -0.1) is 12.4 Å². The first kappa shape index (κ1) is 18.0. The Labute approximate surface area is 134 Å². The summed E-state index contributed by atoms with van der Waals surface area (Å²) in [6, 6.07) is 10.2. The maximum Gasteiger partial charge on any atom is 0.230 e. The predicted molar refractivity (Wildman–Crippen MR) is 89.7 cm³/mol. The van der Waals surface area contributed by atoms with E-state index in [1.165, 1.54) is 0 Å². The van der Waals surface area contributed by atoms with Crippen molar-refractivity contribution in [1.29, 1.82) is 0 Å². The van der Waals surface area contributed by atoms with Crippen molar-refractivity contribution >= 4 is 18.3 Å². The maximum atomic E-state index is 12.8. The Kier molecular flexibility index (Phi) is 6.69. The van der Waals surface area contributed by atoms with Crippen molar-refractivity contribution in [3.05, 3.63) is 35.9 Å². The fourth-order valence-corrected chi connectivity index (χ4v) is 3.01. The van der Waals surface area contributed by atoms with Crippen LogP contribution in [0.15, 0.2) is 30.3 Å². The van der Waals surface area contributed by atoms with Crippen molar-refractivity contribution in [2.75, 3.05) is 19.6 Å². The smallest absolute Gasteiger partial charge is 0.230 e. The fraction of sp³-hybridized carbons (Fsp3) is 0.588. The van der Waals surface area contributed by atoms with E-state index in [-0.39, 0.29) is 29.6 Å². The van der Waals surface area contributed by atoms with E-state index in [1.807, 2.05) is 23.1 Å². The minimum atomic E-state index is 0. The van der Waals surface area contributed by atoms with Gasteiger partial charge in [-0.2, -0.15) is 0 Å². The fourth-order valence-electron chi connectivity index (χ4n) is 3.01. The van der Waals surface area contributed by atoms with Crippen LogP contribution < -0.4 is 5.73 Å². The lowest BCUT2D eigenvalue weighted by molar-refractivity contribution is -0.132. The molecule has 0 spiro atoms. The molecule has 1 aromatic carbocycles. The third-order valence-electron chi connectivity index (χ3n) is 4.44. The topological polar surface area (TPSA) is 46.3 Å². The molecular formula is C17H27ClN2O. The molecule has 2 unspecified atom stereocenters. The zero-order chi connectivity index (χ0) is 14.6. The van der Waals surface area contributed by atoms with Crippen LogP contribution in [-0.4, -0.2) is 30.4 Å². The lowest BCUT2D eigenvalue weighted by Gasteiger charge is -2.26. The number of hydrogen-bond acceptors (Lipinski definition) is 2. The molecule has 1 heterocycles. The van der Waals surface area contributed by atoms with E-state index in [2.05, 4.69) is 26.0 Å². The average molecular weight is 311 g/mol. The minimum Gasteiger partial charge on any atom is -0.342 e. The monoisotopic (exact) mass is 310 g/mol. The van der Waals surface area contributed by atoms with Crippen LogP contribution in [0.4, 0.5) is 0 Å². The van der Waals surface area contributed by atoms with E-state index in [1.54, 1.807) is 0 Å². The molecule has 0 saturated carbocycles. The Balaban J connectivity index is 0.00000220. The molecule has 1 fully saturated rings. The van der Waals surface area contributed by atoms with Gasteiger partial charge in [-0.05, 0) is 30.4 Å². The standard InChI is InChI=1S/C17H26N2O.ClH/c1-3-7-15(14-8-5-4-6-9-14)16(20)19-11-10-17(2,12-18)13-19;/h4-6,8-9,15H,3,7,10-13,18H2,1-2H3;1H. The number of halogens is 1. The van der Waals surface area contributed by atoms with Crippen LogP contribution in [0.25, 0.3) is 0 Å². The lowest BCUT2D eigenvalue weighted by Crippen LogP contribution is -2.37. The number of amides is 1. The van der Waals surface area contributed by atoms with Crippen molar-refractivity contribution in [2.24, 2.45) is 11.1 Å². The van der Waals surface area contributed by atoms with Crippen molar-refractivity contribution in [2.45, 2.75) is 39.0 Å². The summed E-state index contributed by atoms with van der Waals surface area (Å²) < 4.78 is 0. The summed E-state index contributed by atoms with van der Waals surface area (Å²) in [6.07, 6.45) is 2.95. The van der Waals surface area contributed by atoms with Crippen LogP contribution in [0.3, 0.4) is 0 Å². The Morgan fingerprint density at radius 3 is 2.57 bits per heavy atom. The first-order valence-corrected chi connectivity index (χ1v) is 7.63. The molecule has 0 aromatic heterocycles. The zero-order valence-corrected chi connectivity index (χ0v) is 13.9. The molecule has 1 saturated heterocycles. The molecule has 4 heteroatoms. The van der Waals surface area contributed by atoms with Crippen LogP contribution in [0.1, 0.15) is 44.6 Å². The molecule has 2 atom stereocenters. The van der Waals surface area contributed by atoms with Crippen LogP contribution in [0.2, 0.25) is 0 Å². The number of hydrogen-bond donors (Lipinski definition) is 1. The van der Waals surface area contributed by atoms with Crippen LogP contribution in [-0.2, 0) is 4.79 Å². The van der Waals surface area contributed by atoms with Gasteiger partial charge < -0.3 is 10.6 Å². The van der Waals surface area contributed by atoms with Gasteiger partial charge in [0.1, 0.15) is 0 Å². The zero-order valence-electron chi connectivity index (χ0n) is 13.0. The molecular weight excluding hydrogens is 284 g/mol. The van der Waals surface area contributed by atoms with Crippen molar-refractivity contribution in [3.8, 4) is 0 Å². The molecule has 0 radical (unpaired) electrons. The molecule has 2 N–H and O–H groups in total. The summed E-state index contributed by atoms with van der Waals surface area (Å²) in [6.45, 7) is 6.62. The maximum absolute atomic E-state index is 12.8. The molecule has 1 aliphatic rings. The van der Waals surface area contributed by atoms with Gasteiger partial charge in [0.2, 0.25) is 5.91 Å². The molecule has 1 amide bonds. The predicted octanol–water partition coefficient (Wildman–Crippen LogP) is 3.19. The molecule has 118 valence electrons. The first-order chi connectivity index (χ1) is 9.59. The number of carbonyl (C=O) groups is 1. The van der Waals surface area contributed by atoms with Crippen molar-refractivity contribution in [1.82, 2.24) is 4.90 Å². The summed E-state index contributed by atoms with van der Waals surface area (Å²) in [5, 5.41) is 0. The number of likely N-dealkylation sites (tertiary alicyclic amines) is 1. The highest BCUT2D eigenvalue weighted by Crippen LogP contribution is 2.32.